The zero-order valence-electron chi connectivity index (χ0n) is 14.9. The molecule has 7 heteroatoms. The summed E-state index contributed by atoms with van der Waals surface area (Å²) in [4.78, 5) is 16.3. The van der Waals surface area contributed by atoms with Crippen LogP contribution < -0.4 is 5.32 Å². The highest BCUT2D eigenvalue weighted by molar-refractivity contribution is 7.89. The number of carbonyl (C=O) groups excluding carboxylic acids is 1. The van der Waals surface area contributed by atoms with Crippen molar-refractivity contribution in [1.29, 1.82) is 0 Å². The second-order valence-electron chi connectivity index (χ2n) is 6.99. The van der Waals surface area contributed by atoms with Crippen molar-refractivity contribution in [2.45, 2.75) is 25.2 Å². The van der Waals surface area contributed by atoms with Crippen molar-refractivity contribution in [2.24, 2.45) is 11.8 Å². The minimum Gasteiger partial charge on any atom is -0.322 e. The van der Waals surface area contributed by atoms with Crippen molar-refractivity contribution in [3.8, 4) is 0 Å². The molecule has 1 aromatic carbocycles. The van der Waals surface area contributed by atoms with Crippen LogP contribution in [0.3, 0.4) is 0 Å². The Morgan fingerprint density at radius 1 is 1.12 bits per heavy atom. The van der Waals surface area contributed by atoms with Crippen LogP contribution in [0.25, 0.3) is 0 Å². The molecule has 2 heterocycles. The van der Waals surface area contributed by atoms with Crippen LogP contribution in [0, 0.1) is 11.8 Å². The fourth-order valence-electron chi connectivity index (χ4n) is 3.36. The number of anilines is 1. The molecule has 6 nitrogen and oxygen atoms in total. The molecule has 138 valence electrons. The third kappa shape index (κ3) is 4.11. The number of hydrogen-bond donors (Lipinski definition) is 1. The quantitative estimate of drug-likeness (QED) is 0.893. The lowest BCUT2D eigenvalue weighted by Crippen LogP contribution is -2.42. The number of rotatable bonds is 4. The summed E-state index contributed by atoms with van der Waals surface area (Å²) in [5.74, 6) is 0.422. The maximum atomic E-state index is 12.9. The molecule has 0 spiro atoms. The summed E-state index contributed by atoms with van der Waals surface area (Å²) in [6, 6.07) is 9.65. The highest BCUT2D eigenvalue weighted by Gasteiger charge is 2.31. The van der Waals surface area contributed by atoms with E-state index in [9.17, 15) is 13.2 Å². The van der Waals surface area contributed by atoms with Crippen molar-refractivity contribution < 1.29 is 13.2 Å². The van der Waals surface area contributed by atoms with Gasteiger partial charge in [-0.2, -0.15) is 4.31 Å². The third-order valence-electron chi connectivity index (χ3n) is 4.51. The first-order valence-electron chi connectivity index (χ1n) is 8.68. The van der Waals surface area contributed by atoms with Crippen LogP contribution in [-0.4, -0.2) is 36.7 Å². The van der Waals surface area contributed by atoms with Crippen LogP contribution >= 0.6 is 0 Å². The minimum absolute atomic E-state index is 0.248. The summed E-state index contributed by atoms with van der Waals surface area (Å²) in [5.41, 5.74) is 0.985. The Balaban J connectivity index is 1.73. The summed E-state index contributed by atoms with van der Waals surface area (Å²) in [7, 11) is -3.51. The van der Waals surface area contributed by atoms with Gasteiger partial charge in [-0.1, -0.05) is 13.8 Å². The number of nitrogens with one attached hydrogen (secondary N) is 1. The smallest absolute Gasteiger partial charge is 0.257 e. The number of nitrogens with zero attached hydrogens (tertiary/aromatic N) is 2. The molecule has 1 aromatic heterocycles. The van der Waals surface area contributed by atoms with Gasteiger partial charge < -0.3 is 5.32 Å². The molecular formula is C19H23N3O3S. The highest BCUT2D eigenvalue weighted by atomic mass is 32.2. The average molecular weight is 373 g/mol. The number of sulfonamides is 1. The van der Waals surface area contributed by atoms with Crippen LogP contribution in [0.5, 0.6) is 0 Å². The number of amides is 1. The Hall–Kier alpha value is -2.25. The number of aromatic nitrogens is 1. The van der Waals surface area contributed by atoms with E-state index in [0.29, 0.717) is 36.2 Å². The number of piperidine rings is 1. The molecule has 1 fully saturated rings. The summed E-state index contributed by atoms with van der Waals surface area (Å²) in [6.07, 6.45) is 4.12. The summed E-state index contributed by atoms with van der Waals surface area (Å²) >= 11 is 0. The van der Waals surface area contributed by atoms with Gasteiger partial charge in [0.25, 0.3) is 5.91 Å². The van der Waals surface area contributed by atoms with E-state index >= 15 is 0 Å². The van der Waals surface area contributed by atoms with E-state index in [4.69, 9.17) is 0 Å². The largest absolute Gasteiger partial charge is 0.322 e. The Labute approximate surface area is 154 Å². The molecule has 26 heavy (non-hydrogen) atoms. The molecular weight excluding hydrogens is 350 g/mol. The van der Waals surface area contributed by atoms with E-state index in [1.54, 1.807) is 34.8 Å². The number of hydrogen-bond acceptors (Lipinski definition) is 4. The molecule has 0 radical (unpaired) electrons. The standard InChI is InChI=1S/C19H23N3O3S/c1-14-10-15(2)13-22(12-14)26(24,25)18-7-5-17(6-8-18)21-19(23)16-4-3-9-20-11-16/h3-9,11,14-15H,10,12-13H2,1-2H3,(H,21,23)/t14-,15-/m1/s1. The first kappa shape index (κ1) is 18.5. The predicted molar refractivity (Wildman–Crippen MR) is 100 cm³/mol. The molecule has 3 rings (SSSR count). The van der Waals surface area contributed by atoms with Gasteiger partial charge in [-0.05, 0) is 54.7 Å². The van der Waals surface area contributed by atoms with Gasteiger partial charge in [0.05, 0.1) is 10.5 Å². The van der Waals surface area contributed by atoms with Crippen molar-refractivity contribution in [3.05, 3.63) is 54.4 Å². The SMILES string of the molecule is C[C@@H]1C[C@@H](C)CN(S(=O)(=O)c2ccc(NC(=O)c3cccnc3)cc2)C1. The minimum atomic E-state index is -3.51. The maximum absolute atomic E-state index is 12.9. The lowest BCUT2D eigenvalue weighted by atomic mass is 9.94. The first-order chi connectivity index (χ1) is 12.4. The van der Waals surface area contributed by atoms with Gasteiger partial charge in [0, 0.05) is 31.2 Å². The van der Waals surface area contributed by atoms with Crippen LogP contribution in [0.15, 0.2) is 53.7 Å². The van der Waals surface area contributed by atoms with Crippen LogP contribution in [0.2, 0.25) is 0 Å². The zero-order chi connectivity index (χ0) is 18.7. The second kappa shape index (κ2) is 7.55. The van der Waals surface area contributed by atoms with Gasteiger partial charge in [-0.25, -0.2) is 8.42 Å². The molecule has 1 aliphatic heterocycles. The maximum Gasteiger partial charge on any atom is 0.257 e. The molecule has 1 N–H and O–H groups in total. The van der Waals surface area contributed by atoms with Crippen molar-refractivity contribution >= 4 is 21.6 Å². The Morgan fingerprint density at radius 3 is 2.35 bits per heavy atom. The summed E-state index contributed by atoms with van der Waals surface area (Å²) in [5, 5.41) is 2.74. The van der Waals surface area contributed by atoms with Crippen LogP contribution in [0.1, 0.15) is 30.6 Å². The number of pyridine rings is 1. The molecule has 0 bridgehead atoms. The van der Waals surface area contributed by atoms with Crippen LogP contribution in [-0.2, 0) is 10.0 Å². The second-order valence-corrected chi connectivity index (χ2v) is 8.93. The van der Waals surface area contributed by atoms with Gasteiger partial charge in [-0.15, -0.1) is 0 Å². The lowest BCUT2D eigenvalue weighted by Gasteiger charge is -2.34. The van der Waals surface area contributed by atoms with Crippen molar-refractivity contribution in [3.63, 3.8) is 0 Å². The van der Waals surface area contributed by atoms with E-state index < -0.39 is 10.0 Å². The molecule has 1 amide bonds. The molecule has 1 saturated heterocycles. The molecule has 0 unspecified atom stereocenters. The molecule has 0 aliphatic carbocycles. The van der Waals surface area contributed by atoms with Crippen molar-refractivity contribution in [1.82, 2.24) is 9.29 Å². The van der Waals surface area contributed by atoms with E-state index in [-0.39, 0.29) is 10.8 Å². The van der Waals surface area contributed by atoms with Gasteiger partial charge in [0.15, 0.2) is 0 Å². The fraction of sp³-hybridized carbons (Fsp3) is 0.368. The van der Waals surface area contributed by atoms with Crippen molar-refractivity contribution in [2.75, 3.05) is 18.4 Å². The normalized spacial score (nSPS) is 21.3. The van der Waals surface area contributed by atoms with Gasteiger partial charge in [0.2, 0.25) is 10.0 Å². The van der Waals surface area contributed by atoms with Gasteiger partial charge >= 0.3 is 0 Å². The van der Waals surface area contributed by atoms with Gasteiger partial charge in [-0.3, -0.25) is 9.78 Å². The lowest BCUT2D eigenvalue weighted by molar-refractivity contribution is 0.102. The number of carbonyl (C=O) groups is 1. The fourth-order valence-corrected chi connectivity index (χ4v) is 5.04. The number of benzene rings is 1. The Kier molecular flexibility index (Phi) is 5.38. The third-order valence-corrected chi connectivity index (χ3v) is 6.35. The summed E-state index contributed by atoms with van der Waals surface area (Å²) in [6.45, 7) is 5.25. The van der Waals surface area contributed by atoms with E-state index in [2.05, 4.69) is 24.1 Å². The monoisotopic (exact) mass is 373 g/mol. The Bertz CT molecular complexity index is 857. The first-order valence-corrected chi connectivity index (χ1v) is 10.1. The molecule has 1 aliphatic rings. The summed E-state index contributed by atoms with van der Waals surface area (Å²) < 4.78 is 27.3. The predicted octanol–water partition coefficient (Wildman–Crippen LogP) is 3.00. The average Bonchev–Trinajstić information content (AvgIpc) is 2.62. The van der Waals surface area contributed by atoms with E-state index in [1.807, 2.05) is 0 Å². The Morgan fingerprint density at radius 2 is 1.77 bits per heavy atom. The molecule has 2 aromatic rings. The molecule has 0 saturated carbocycles. The highest BCUT2D eigenvalue weighted by Crippen LogP contribution is 2.27. The van der Waals surface area contributed by atoms with Gasteiger partial charge in [0.1, 0.15) is 0 Å². The van der Waals surface area contributed by atoms with Crippen LogP contribution in [0.4, 0.5) is 5.69 Å². The zero-order valence-corrected chi connectivity index (χ0v) is 15.7. The van der Waals surface area contributed by atoms with E-state index in [0.717, 1.165) is 6.42 Å². The van der Waals surface area contributed by atoms with E-state index in [1.165, 1.54) is 18.3 Å². The molecule has 2 atom stereocenters. The topological polar surface area (TPSA) is 79.4 Å².